The van der Waals surface area contributed by atoms with Crippen molar-refractivity contribution < 1.29 is 18.3 Å². The fraction of sp³-hybridized carbons (Fsp3) is 0.267. The molecule has 0 aliphatic carbocycles. The molecule has 1 aliphatic heterocycles. The van der Waals surface area contributed by atoms with Crippen molar-refractivity contribution in [3.05, 3.63) is 40.6 Å². The molecule has 23 heavy (non-hydrogen) atoms. The number of phenols is 1. The number of benzene rings is 1. The first-order valence-electron chi connectivity index (χ1n) is 7.16. The monoisotopic (exact) mass is 352 g/mol. The van der Waals surface area contributed by atoms with Crippen LogP contribution in [0.25, 0.3) is 0 Å². The van der Waals surface area contributed by atoms with Gasteiger partial charge in [0.05, 0.1) is 15.5 Å². The molecular weight excluding hydrogens is 336 g/mol. The lowest BCUT2D eigenvalue weighted by molar-refractivity contribution is 0.103. The summed E-state index contributed by atoms with van der Waals surface area (Å²) < 4.78 is 26.5. The molecule has 1 aliphatic rings. The zero-order valence-electron chi connectivity index (χ0n) is 12.2. The highest BCUT2D eigenvalue weighted by molar-refractivity contribution is 7.89. The number of nitrogens with one attached hydrogen (secondary N) is 1. The highest BCUT2D eigenvalue weighted by atomic mass is 32.2. The molecule has 0 bridgehead atoms. The molecule has 0 unspecified atom stereocenters. The molecule has 0 atom stereocenters. The van der Waals surface area contributed by atoms with Crippen molar-refractivity contribution in [2.75, 3.05) is 18.4 Å². The van der Waals surface area contributed by atoms with Crippen LogP contribution < -0.4 is 5.32 Å². The predicted octanol–water partition coefficient (Wildman–Crippen LogP) is 2.49. The van der Waals surface area contributed by atoms with Crippen LogP contribution in [0.15, 0.2) is 40.6 Å². The Balaban J connectivity index is 1.88. The highest BCUT2D eigenvalue weighted by Crippen LogP contribution is 2.29. The standard InChI is InChI=1S/C15H16N2O4S2/c18-13-6-5-11(23(20,21)17-7-1-2-8-17)10-12(13)16-15(19)14-4-3-9-22-14/h3-6,9-10,18H,1-2,7-8H2,(H,16,19). The van der Waals surface area contributed by atoms with Gasteiger partial charge in [0.15, 0.2) is 0 Å². The second-order valence-corrected chi connectivity index (χ2v) is 8.11. The van der Waals surface area contributed by atoms with Crippen LogP contribution in [0.4, 0.5) is 5.69 Å². The maximum atomic E-state index is 12.5. The van der Waals surface area contributed by atoms with Crippen LogP contribution in [0.1, 0.15) is 22.5 Å². The lowest BCUT2D eigenvalue weighted by Gasteiger charge is -2.16. The number of thiophene rings is 1. The third-order valence-corrected chi connectivity index (χ3v) is 6.43. The molecule has 2 heterocycles. The summed E-state index contributed by atoms with van der Waals surface area (Å²) in [5.74, 6) is -0.554. The maximum absolute atomic E-state index is 12.5. The van der Waals surface area contributed by atoms with Gasteiger partial charge in [-0.05, 0) is 42.5 Å². The maximum Gasteiger partial charge on any atom is 0.265 e. The Labute approximate surface area is 138 Å². The third-order valence-electron chi connectivity index (χ3n) is 3.66. The molecule has 1 saturated heterocycles. The van der Waals surface area contributed by atoms with Gasteiger partial charge in [0.1, 0.15) is 5.75 Å². The Hall–Kier alpha value is -1.90. The van der Waals surface area contributed by atoms with Gasteiger partial charge in [0.2, 0.25) is 10.0 Å². The Kier molecular flexibility index (Phi) is 4.38. The largest absolute Gasteiger partial charge is 0.506 e. The van der Waals surface area contributed by atoms with Gasteiger partial charge in [-0.2, -0.15) is 4.31 Å². The summed E-state index contributed by atoms with van der Waals surface area (Å²) in [6, 6.07) is 7.33. The molecule has 0 spiro atoms. The van der Waals surface area contributed by atoms with Crippen molar-refractivity contribution in [3.63, 3.8) is 0 Å². The first kappa shape index (κ1) is 16.0. The number of rotatable bonds is 4. The zero-order valence-corrected chi connectivity index (χ0v) is 13.9. The van der Waals surface area contributed by atoms with Crippen molar-refractivity contribution in [1.29, 1.82) is 0 Å². The first-order chi connectivity index (χ1) is 11.0. The SMILES string of the molecule is O=C(Nc1cc(S(=O)(=O)N2CCCC2)ccc1O)c1cccs1. The van der Waals surface area contributed by atoms with E-state index in [0.717, 1.165) is 12.8 Å². The summed E-state index contributed by atoms with van der Waals surface area (Å²) >= 11 is 1.27. The summed E-state index contributed by atoms with van der Waals surface area (Å²) in [6.07, 6.45) is 1.69. The minimum absolute atomic E-state index is 0.0682. The van der Waals surface area contributed by atoms with E-state index in [4.69, 9.17) is 0 Å². The summed E-state index contributed by atoms with van der Waals surface area (Å²) in [4.78, 5) is 12.6. The number of anilines is 1. The summed E-state index contributed by atoms with van der Waals surface area (Å²) in [7, 11) is -3.59. The Bertz CT molecular complexity index is 810. The van der Waals surface area contributed by atoms with Crippen molar-refractivity contribution in [1.82, 2.24) is 4.31 Å². The molecule has 0 radical (unpaired) electrons. The minimum Gasteiger partial charge on any atom is -0.506 e. The number of amides is 1. The zero-order chi connectivity index (χ0) is 16.4. The molecule has 0 saturated carbocycles. The molecule has 2 N–H and O–H groups in total. The molecule has 1 aromatic heterocycles. The number of nitrogens with zero attached hydrogens (tertiary/aromatic N) is 1. The highest BCUT2D eigenvalue weighted by Gasteiger charge is 2.28. The van der Waals surface area contributed by atoms with E-state index in [0.29, 0.717) is 18.0 Å². The molecule has 6 nitrogen and oxygen atoms in total. The van der Waals surface area contributed by atoms with Crippen molar-refractivity contribution >= 4 is 33.0 Å². The van der Waals surface area contributed by atoms with Crippen LogP contribution in [0.2, 0.25) is 0 Å². The number of carbonyl (C=O) groups excluding carboxylic acids is 1. The Morgan fingerprint density at radius 1 is 1.22 bits per heavy atom. The van der Waals surface area contributed by atoms with Crippen LogP contribution in [0.3, 0.4) is 0 Å². The number of aromatic hydroxyl groups is 1. The molecule has 1 aromatic carbocycles. The van der Waals surface area contributed by atoms with Gasteiger partial charge < -0.3 is 10.4 Å². The number of sulfonamides is 1. The summed E-state index contributed by atoms with van der Waals surface area (Å²) in [5.41, 5.74) is 0.0867. The summed E-state index contributed by atoms with van der Waals surface area (Å²) in [5, 5.41) is 14.2. The fourth-order valence-corrected chi connectivity index (χ4v) is 4.61. The molecule has 1 amide bonds. The second-order valence-electron chi connectivity index (χ2n) is 5.22. The van der Waals surface area contributed by atoms with Crippen molar-refractivity contribution in [3.8, 4) is 5.75 Å². The molecule has 2 aromatic rings. The van der Waals surface area contributed by atoms with Crippen LogP contribution in [0.5, 0.6) is 5.75 Å². The average Bonchev–Trinajstić information content (AvgIpc) is 3.23. The quantitative estimate of drug-likeness (QED) is 0.828. The van der Waals surface area contributed by atoms with Crippen molar-refractivity contribution in [2.24, 2.45) is 0 Å². The number of carbonyl (C=O) groups is 1. The van der Waals surface area contributed by atoms with Gasteiger partial charge in [0.25, 0.3) is 5.91 Å². The van der Waals surface area contributed by atoms with Crippen LogP contribution in [-0.4, -0.2) is 36.8 Å². The molecule has 122 valence electrons. The van der Waals surface area contributed by atoms with E-state index in [-0.39, 0.29) is 22.2 Å². The molecule has 8 heteroatoms. The van der Waals surface area contributed by atoms with Crippen molar-refractivity contribution in [2.45, 2.75) is 17.7 Å². The summed E-state index contributed by atoms with van der Waals surface area (Å²) in [6.45, 7) is 1.00. The van der Waals surface area contributed by atoms with E-state index in [2.05, 4.69) is 5.32 Å². The number of phenolic OH excluding ortho intramolecular Hbond substituents is 1. The molecule has 3 rings (SSSR count). The van der Waals surface area contributed by atoms with E-state index < -0.39 is 10.0 Å². The van der Waals surface area contributed by atoms with Crippen LogP contribution >= 0.6 is 11.3 Å². The smallest absolute Gasteiger partial charge is 0.265 e. The van der Waals surface area contributed by atoms with Gasteiger partial charge in [-0.25, -0.2) is 8.42 Å². The van der Waals surface area contributed by atoms with Crippen LogP contribution in [-0.2, 0) is 10.0 Å². The number of hydrogen-bond donors (Lipinski definition) is 2. The Morgan fingerprint density at radius 3 is 2.61 bits per heavy atom. The second kappa shape index (κ2) is 6.31. The van der Waals surface area contributed by atoms with Gasteiger partial charge in [-0.1, -0.05) is 6.07 Å². The lowest BCUT2D eigenvalue weighted by Crippen LogP contribution is -2.27. The van der Waals surface area contributed by atoms with Gasteiger partial charge >= 0.3 is 0 Å². The van der Waals surface area contributed by atoms with E-state index in [1.807, 2.05) is 0 Å². The van der Waals surface area contributed by atoms with Gasteiger partial charge in [0, 0.05) is 13.1 Å². The minimum atomic E-state index is -3.59. The average molecular weight is 352 g/mol. The lowest BCUT2D eigenvalue weighted by atomic mass is 10.3. The Morgan fingerprint density at radius 2 is 1.96 bits per heavy atom. The van der Waals surface area contributed by atoms with Gasteiger partial charge in [-0.3, -0.25) is 4.79 Å². The van der Waals surface area contributed by atoms with E-state index in [1.54, 1.807) is 17.5 Å². The fourth-order valence-electron chi connectivity index (χ4n) is 2.44. The predicted molar refractivity (Wildman–Crippen MR) is 88.4 cm³/mol. The molecule has 1 fully saturated rings. The van der Waals surface area contributed by atoms with E-state index in [1.165, 1.54) is 33.8 Å². The molecular formula is C15H16N2O4S2. The number of hydrogen-bond acceptors (Lipinski definition) is 5. The van der Waals surface area contributed by atoms with E-state index >= 15 is 0 Å². The third kappa shape index (κ3) is 3.24. The van der Waals surface area contributed by atoms with E-state index in [9.17, 15) is 18.3 Å². The normalized spacial score (nSPS) is 15.7. The topological polar surface area (TPSA) is 86.7 Å². The van der Waals surface area contributed by atoms with Gasteiger partial charge in [-0.15, -0.1) is 11.3 Å². The first-order valence-corrected chi connectivity index (χ1v) is 9.48. The van der Waals surface area contributed by atoms with Crippen LogP contribution in [0, 0.1) is 0 Å².